The van der Waals surface area contributed by atoms with E-state index >= 15 is 0 Å². The molecule has 2 aromatic carbocycles. The Morgan fingerprint density at radius 1 is 1.00 bits per heavy atom. The van der Waals surface area contributed by atoms with Gasteiger partial charge in [-0.3, -0.25) is 24.3 Å². The lowest BCUT2D eigenvalue weighted by molar-refractivity contribution is -0.116. The zero-order valence-corrected chi connectivity index (χ0v) is 14.2. The first kappa shape index (κ1) is 16.8. The van der Waals surface area contributed by atoms with Gasteiger partial charge in [-0.2, -0.15) is 0 Å². The number of nitrogens with one attached hydrogen (secondary N) is 2. The van der Waals surface area contributed by atoms with Gasteiger partial charge in [-0.15, -0.1) is 0 Å². The molecule has 136 valence electrons. The first-order valence-corrected chi connectivity index (χ1v) is 8.41. The maximum Gasteiger partial charge on any atom is 0.417 e. The summed E-state index contributed by atoms with van der Waals surface area (Å²) in [4.78, 5) is 51.7. The summed E-state index contributed by atoms with van der Waals surface area (Å²) in [5.41, 5.74) is 1.98. The smallest absolute Gasteiger partial charge is 0.408 e. The first-order valence-electron chi connectivity index (χ1n) is 8.41. The van der Waals surface area contributed by atoms with Gasteiger partial charge in [0.05, 0.1) is 16.8 Å². The zero-order valence-electron chi connectivity index (χ0n) is 14.2. The van der Waals surface area contributed by atoms with Gasteiger partial charge < -0.3 is 9.73 Å². The lowest BCUT2D eigenvalue weighted by Gasteiger charge is -2.13. The lowest BCUT2D eigenvalue weighted by Crippen LogP contribution is -2.31. The van der Waals surface area contributed by atoms with Crippen molar-refractivity contribution in [3.63, 3.8) is 0 Å². The number of hydrogen-bond acceptors (Lipinski definition) is 5. The second-order valence-corrected chi connectivity index (χ2v) is 6.15. The Balaban J connectivity index is 1.37. The lowest BCUT2D eigenvalue weighted by atomic mass is 10.1. The molecule has 0 atom stereocenters. The molecule has 0 fully saturated rings. The van der Waals surface area contributed by atoms with Crippen molar-refractivity contribution in [2.24, 2.45) is 0 Å². The number of hydrogen-bond donors (Lipinski definition) is 2. The van der Waals surface area contributed by atoms with Crippen LogP contribution in [0.4, 0.5) is 5.69 Å². The molecule has 0 bridgehead atoms. The summed E-state index contributed by atoms with van der Waals surface area (Å²) in [6.07, 6.45) is 0.445. The molecular formula is C19H15N3O5. The van der Waals surface area contributed by atoms with Crippen LogP contribution in [0, 0.1) is 0 Å². The van der Waals surface area contributed by atoms with Crippen LogP contribution in [0.2, 0.25) is 0 Å². The number of imide groups is 1. The summed E-state index contributed by atoms with van der Waals surface area (Å²) >= 11 is 0. The van der Waals surface area contributed by atoms with Crippen LogP contribution in [-0.2, 0) is 4.79 Å². The Morgan fingerprint density at radius 3 is 2.41 bits per heavy atom. The number of fused-ring (bicyclic) bond motifs is 2. The van der Waals surface area contributed by atoms with Crippen LogP contribution < -0.4 is 11.1 Å². The van der Waals surface area contributed by atoms with E-state index in [0.29, 0.717) is 34.3 Å². The minimum Gasteiger partial charge on any atom is -0.408 e. The number of carbonyl (C=O) groups excluding carboxylic acids is 3. The summed E-state index contributed by atoms with van der Waals surface area (Å²) in [5, 5.41) is 2.71. The van der Waals surface area contributed by atoms with Gasteiger partial charge in [-0.25, -0.2) is 4.79 Å². The van der Waals surface area contributed by atoms with E-state index in [1.54, 1.807) is 42.5 Å². The van der Waals surface area contributed by atoms with E-state index in [2.05, 4.69) is 10.3 Å². The van der Waals surface area contributed by atoms with Gasteiger partial charge in [-0.05, 0) is 30.7 Å². The minimum atomic E-state index is -0.600. The number of aromatic amines is 1. The molecule has 1 aromatic heterocycles. The molecule has 2 N–H and O–H groups in total. The van der Waals surface area contributed by atoms with Gasteiger partial charge in [-0.1, -0.05) is 18.2 Å². The number of amides is 3. The SMILES string of the molecule is O=C(CCCN1C(=O)c2ccccc2C1=O)Nc1cccc2oc(=O)[nH]c12. The first-order chi connectivity index (χ1) is 13.0. The number of para-hydroxylation sites is 1. The number of anilines is 1. The number of rotatable bonds is 5. The van der Waals surface area contributed by atoms with Crippen molar-refractivity contribution >= 4 is 34.5 Å². The van der Waals surface area contributed by atoms with Crippen molar-refractivity contribution < 1.29 is 18.8 Å². The van der Waals surface area contributed by atoms with Gasteiger partial charge in [0.2, 0.25) is 5.91 Å². The second-order valence-electron chi connectivity index (χ2n) is 6.15. The Hall–Kier alpha value is -3.68. The summed E-state index contributed by atoms with van der Waals surface area (Å²) in [5.74, 6) is -1.56. The topological polar surface area (TPSA) is 112 Å². The predicted molar refractivity (Wildman–Crippen MR) is 96.5 cm³/mol. The predicted octanol–water partition coefficient (Wildman–Crippen LogP) is 2.14. The number of benzene rings is 2. The molecular weight excluding hydrogens is 350 g/mol. The van der Waals surface area contributed by atoms with Gasteiger partial charge in [0.1, 0.15) is 5.52 Å². The maximum atomic E-state index is 12.3. The fourth-order valence-corrected chi connectivity index (χ4v) is 3.13. The highest BCUT2D eigenvalue weighted by atomic mass is 16.4. The van der Waals surface area contributed by atoms with E-state index in [9.17, 15) is 19.2 Å². The van der Waals surface area contributed by atoms with Crippen LogP contribution in [0.25, 0.3) is 11.1 Å². The second kappa shape index (κ2) is 6.56. The van der Waals surface area contributed by atoms with E-state index in [1.807, 2.05) is 0 Å². The molecule has 2 heterocycles. The Kier molecular flexibility index (Phi) is 4.08. The third-order valence-electron chi connectivity index (χ3n) is 4.39. The number of carbonyl (C=O) groups is 3. The van der Waals surface area contributed by atoms with E-state index in [-0.39, 0.29) is 30.7 Å². The molecule has 0 saturated heterocycles. The van der Waals surface area contributed by atoms with Gasteiger partial charge in [0.15, 0.2) is 5.58 Å². The number of H-pyrrole nitrogens is 1. The molecule has 0 aliphatic carbocycles. The molecule has 3 aromatic rings. The number of aromatic nitrogens is 1. The van der Waals surface area contributed by atoms with Crippen molar-refractivity contribution in [2.75, 3.05) is 11.9 Å². The quantitative estimate of drug-likeness (QED) is 0.673. The van der Waals surface area contributed by atoms with E-state index in [1.165, 1.54) is 0 Å². The molecule has 0 spiro atoms. The normalized spacial score (nSPS) is 13.3. The monoisotopic (exact) mass is 365 g/mol. The van der Waals surface area contributed by atoms with Crippen LogP contribution in [-0.4, -0.2) is 34.2 Å². The third kappa shape index (κ3) is 3.01. The Bertz CT molecular complexity index is 1090. The van der Waals surface area contributed by atoms with Gasteiger partial charge in [0, 0.05) is 13.0 Å². The molecule has 1 aliphatic heterocycles. The van der Waals surface area contributed by atoms with Crippen LogP contribution in [0.15, 0.2) is 51.7 Å². The molecule has 8 nitrogen and oxygen atoms in total. The average molecular weight is 365 g/mol. The van der Waals surface area contributed by atoms with E-state index < -0.39 is 5.76 Å². The molecule has 0 unspecified atom stereocenters. The zero-order chi connectivity index (χ0) is 19.0. The highest BCUT2D eigenvalue weighted by molar-refractivity contribution is 6.21. The van der Waals surface area contributed by atoms with Gasteiger partial charge >= 0.3 is 5.76 Å². The molecule has 4 rings (SSSR count). The summed E-state index contributed by atoms with van der Waals surface area (Å²) in [6.45, 7) is 0.159. The van der Waals surface area contributed by atoms with Gasteiger partial charge in [0.25, 0.3) is 11.8 Å². The van der Waals surface area contributed by atoms with Crippen LogP contribution in [0.5, 0.6) is 0 Å². The number of nitrogens with zero attached hydrogens (tertiary/aromatic N) is 1. The maximum absolute atomic E-state index is 12.3. The molecule has 0 radical (unpaired) electrons. The van der Waals surface area contributed by atoms with Crippen LogP contribution >= 0.6 is 0 Å². The Morgan fingerprint density at radius 2 is 1.70 bits per heavy atom. The largest absolute Gasteiger partial charge is 0.417 e. The van der Waals surface area contributed by atoms with Crippen LogP contribution in [0.1, 0.15) is 33.6 Å². The fraction of sp³-hybridized carbons (Fsp3) is 0.158. The molecule has 8 heteroatoms. The molecule has 27 heavy (non-hydrogen) atoms. The van der Waals surface area contributed by atoms with Crippen LogP contribution in [0.3, 0.4) is 0 Å². The fourth-order valence-electron chi connectivity index (χ4n) is 3.13. The van der Waals surface area contributed by atoms with E-state index in [0.717, 1.165) is 4.90 Å². The van der Waals surface area contributed by atoms with E-state index in [4.69, 9.17) is 4.42 Å². The number of oxazole rings is 1. The molecule has 0 saturated carbocycles. The minimum absolute atomic E-state index is 0.117. The average Bonchev–Trinajstić information content (AvgIpc) is 3.15. The summed E-state index contributed by atoms with van der Waals surface area (Å²) in [6, 6.07) is 11.6. The molecule has 1 aliphatic rings. The van der Waals surface area contributed by atoms with Crippen molar-refractivity contribution in [3.05, 3.63) is 64.1 Å². The summed E-state index contributed by atoms with van der Waals surface area (Å²) in [7, 11) is 0. The van der Waals surface area contributed by atoms with Crippen molar-refractivity contribution in [1.29, 1.82) is 0 Å². The summed E-state index contributed by atoms with van der Waals surface area (Å²) < 4.78 is 4.95. The highest BCUT2D eigenvalue weighted by Crippen LogP contribution is 2.23. The standard InChI is InChI=1S/C19H15N3O5/c23-15(20-13-7-3-8-14-16(13)21-19(26)27-14)9-4-10-22-17(24)11-5-1-2-6-12(11)18(22)25/h1-3,5-8H,4,9-10H2,(H,20,23)(H,21,26). The van der Waals surface area contributed by atoms with Crippen molar-refractivity contribution in [2.45, 2.75) is 12.8 Å². The molecule has 3 amide bonds. The highest BCUT2D eigenvalue weighted by Gasteiger charge is 2.34. The Labute approximate surface area is 152 Å². The third-order valence-corrected chi connectivity index (χ3v) is 4.39. The van der Waals surface area contributed by atoms with Crippen molar-refractivity contribution in [1.82, 2.24) is 9.88 Å². The van der Waals surface area contributed by atoms with Crippen molar-refractivity contribution in [3.8, 4) is 0 Å².